The molecule has 1 aromatic rings. The van der Waals surface area contributed by atoms with Crippen LogP contribution in [0.25, 0.3) is 0 Å². The minimum atomic E-state index is -0.100. The van der Waals surface area contributed by atoms with Gasteiger partial charge in [0, 0.05) is 23.9 Å². The van der Waals surface area contributed by atoms with Crippen LogP contribution in [0.5, 0.6) is 0 Å². The Bertz CT molecular complexity index is 659. The molecular formula is C19H31N5OS2. The highest BCUT2D eigenvalue weighted by molar-refractivity contribution is 7.98. The van der Waals surface area contributed by atoms with E-state index in [1.165, 1.54) is 24.6 Å². The molecule has 1 aromatic heterocycles. The van der Waals surface area contributed by atoms with Crippen molar-refractivity contribution < 1.29 is 4.79 Å². The van der Waals surface area contributed by atoms with Crippen LogP contribution in [0, 0.1) is 25.7 Å². The van der Waals surface area contributed by atoms with E-state index in [-0.39, 0.29) is 5.91 Å². The third kappa shape index (κ3) is 6.31. The van der Waals surface area contributed by atoms with Crippen molar-refractivity contribution in [1.29, 1.82) is 0 Å². The van der Waals surface area contributed by atoms with Gasteiger partial charge in [-0.15, -0.1) is 0 Å². The third-order valence-electron chi connectivity index (χ3n) is 5.52. The molecule has 150 valence electrons. The van der Waals surface area contributed by atoms with Crippen LogP contribution in [0.1, 0.15) is 56.5 Å². The Hall–Kier alpha value is -1.41. The third-order valence-corrected chi connectivity index (χ3v) is 6.29. The van der Waals surface area contributed by atoms with Crippen molar-refractivity contribution in [3.8, 4) is 0 Å². The minimum Gasteiger partial charge on any atom is -0.358 e. The molecule has 1 heterocycles. The first kappa shape index (κ1) is 21.9. The van der Waals surface area contributed by atoms with E-state index in [1.807, 2.05) is 20.1 Å². The Morgan fingerprint density at radius 1 is 1.19 bits per heavy atom. The number of aromatic nitrogens is 2. The first-order chi connectivity index (χ1) is 12.8. The smallest absolute Gasteiger partial charge is 0.238 e. The summed E-state index contributed by atoms with van der Waals surface area (Å²) in [4.78, 5) is 21.1. The van der Waals surface area contributed by atoms with Gasteiger partial charge in [0.25, 0.3) is 0 Å². The summed E-state index contributed by atoms with van der Waals surface area (Å²) in [5.74, 6) is 1.17. The maximum absolute atomic E-state index is 12.2. The molecule has 3 N–H and O–H groups in total. The van der Waals surface area contributed by atoms with Gasteiger partial charge in [0.2, 0.25) is 5.91 Å². The topological polar surface area (TPSA) is 78.9 Å². The molecule has 0 saturated heterocycles. The standard InChI is InChI=1S/C19H31N5OS2/c1-11-7-6-8-16(12(11)2)22-18(26)24-23-17(25)10-9-15-13(3)20-19(27-5)21-14(15)4/h11-12,16H,6-10H2,1-5H3,(H,23,25)(H2,22,24,26)/t11-,12+,16-/m1/s1. The van der Waals surface area contributed by atoms with Crippen LogP contribution < -0.4 is 16.2 Å². The lowest BCUT2D eigenvalue weighted by molar-refractivity contribution is -0.121. The number of hydrazine groups is 1. The summed E-state index contributed by atoms with van der Waals surface area (Å²) in [5, 5.41) is 4.59. The summed E-state index contributed by atoms with van der Waals surface area (Å²) in [6.45, 7) is 8.48. The van der Waals surface area contributed by atoms with E-state index < -0.39 is 0 Å². The predicted molar refractivity (Wildman–Crippen MR) is 115 cm³/mol. The van der Waals surface area contributed by atoms with E-state index in [0.29, 0.717) is 35.8 Å². The summed E-state index contributed by atoms with van der Waals surface area (Å²) in [5.41, 5.74) is 8.43. The van der Waals surface area contributed by atoms with Crippen molar-refractivity contribution in [3.05, 3.63) is 17.0 Å². The molecule has 6 nitrogen and oxygen atoms in total. The van der Waals surface area contributed by atoms with E-state index in [9.17, 15) is 4.79 Å². The van der Waals surface area contributed by atoms with E-state index in [2.05, 4.69) is 40.0 Å². The number of amides is 1. The Balaban J connectivity index is 1.77. The summed E-state index contributed by atoms with van der Waals surface area (Å²) >= 11 is 6.86. The van der Waals surface area contributed by atoms with Crippen LogP contribution in [-0.2, 0) is 11.2 Å². The number of nitrogens with one attached hydrogen (secondary N) is 3. The Morgan fingerprint density at radius 3 is 2.48 bits per heavy atom. The van der Waals surface area contributed by atoms with E-state index >= 15 is 0 Å². The highest BCUT2D eigenvalue weighted by Gasteiger charge is 2.27. The zero-order valence-electron chi connectivity index (χ0n) is 16.9. The molecule has 8 heteroatoms. The Kier molecular flexibility index (Phi) is 8.28. The van der Waals surface area contributed by atoms with Gasteiger partial charge in [-0.05, 0) is 62.6 Å². The van der Waals surface area contributed by atoms with Crippen molar-refractivity contribution in [3.63, 3.8) is 0 Å². The summed E-state index contributed by atoms with van der Waals surface area (Å²) < 4.78 is 0. The Labute approximate surface area is 172 Å². The van der Waals surface area contributed by atoms with Gasteiger partial charge in [0.1, 0.15) is 0 Å². The van der Waals surface area contributed by atoms with Crippen molar-refractivity contribution in [2.75, 3.05) is 6.26 Å². The van der Waals surface area contributed by atoms with Crippen molar-refractivity contribution in [2.24, 2.45) is 11.8 Å². The van der Waals surface area contributed by atoms with Crippen molar-refractivity contribution in [1.82, 2.24) is 26.1 Å². The molecule has 0 spiro atoms. The van der Waals surface area contributed by atoms with Crippen LogP contribution in [-0.4, -0.2) is 33.3 Å². The second-order valence-corrected chi connectivity index (χ2v) is 8.56. The number of aryl methyl sites for hydroxylation is 2. The maximum atomic E-state index is 12.2. The molecule has 1 saturated carbocycles. The zero-order chi connectivity index (χ0) is 20.0. The highest BCUT2D eigenvalue weighted by atomic mass is 32.2. The fraction of sp³-hybridized carbons (Fsp3) is 0.684. The SMILES string of the molecule is CSc1nc(C)c(CCC(=O)NNC(=S)N[C@@H]2CCC[C@@H](C)[C@@H]2C)c(C)n1. The molecule has 27 heavy (non-hydrogen) atoms. The first-order valence-corrected chi connectivity index (χ1v) is 11.2. The predicted octanol–water partition coefficient (Wildman–Crippen LogP) is 3.07. The molecule has 1 amide bonds. The average molecular weight is 410 g/mol. The molecule has 1 aliphatic rings. The van der Waals surface area contributed by atoms with Crippen LogP contribution in [0.3, 0.4) is 0 Å². The molecule has 1 aliphatic carbocycles. The fourth-order valence-corrected chi connectivity index (χ4v) is 4.24. The number of thioether (sulfide) groups is 1. The van der Waals surface area contributed by atoms with E-state index in [0.717, 1.165) is 28.5 Å². The number of nitrogens with zero attached hydrogens (tertiary/aromatic N) is 2. The van der Waals surface area contributed by atoms with Gasteiger partial charge in [0.15, 0.2) is 10.3 Å². The van der Waals surface area contributed by atoms with Crippen molar-refractivity contribution >= 4 is 35.0 Å². The van der Waals surface area contributed by atoms with Crippen LogP contribution in [0.4, 0.5) is 0 Å². The largest absolute Gasteiger partial charge is 0.358 e. The molecule has 2 rings (SSSR count). The van der Waals surface area contributed by atoms with Gasteiger partial charge >= 0.3 is 0 Å². The minimum absolute atomic E-state index is 0.100. The van der Waals surface area contributed by atoms with Gasteiger partial charge < -0.3 is 5.32 Å². The highest BCUT2D eigenvalue weighted by Crippen LogP contribution is 2.29. The molecule has 0 unspecified atom stereocenters. The molecular weight excluding hydrogens is 378 g/mol. The lowest BCUT2D eigenvalue weighted by Crippen LogP contribution is -2.52. The molecule has 1 fully saturated rings. The zero-order valence-corrected chi connectivity index (χ0v) is 18.5. The second kappa shape index (κ2) is 10.2. The van der Waals surface area contributed by atoms with Gasteiger partial charge in [-0.3, -0.25) is 15.6 Å². The van der Waals surface area contributed by atoms with Gasteiger partial charge in [0.05, 0.1) is 0 Å². The van der Waals surface area contributed by atoms with E-state index in [4.69, 9.17) is 12.2 Å². The lowest BCUT2D eigenvalue weighted by atomic mass is 9.78. The van der Waals surface area contributed by atoms with Gasteiger partial charge in [-0.1, -0.05) is 38.5 Å². The number of carbonyl (C=O) groups excluding carboxylic acids is 1. The summed E-state index contributed by atoms with van der Waals surface area (Å²) in [7, 11) is 0. The number of rotatable bonds is 5. The van der Waals surface area contributed by atoms with Crippen LogP contribution in [0.2, 0.25) is 0 Å². The number of carbonyl (C=O) groups is 1. The van der Waals surface area contributed by atoms with Crippen LogP contribution >= 0.6 is 24.0 Å². The number of hydrogen-bond acceptors (Lipinski definition) is 5. The lowest BCUT2D eigenvalue weighted by Gasteiger charge is -2.35. The summed E-state index contributed by atoms with van der Waals surface area (Å²) in [6, 6.07) is 0.364. The first-order valence-electron chi connectivity index (χ1n) is 9.55. The molecule has 0 bridgehead atoms. The molecule has 0 aliphatic heterocycles. The normalized spacial score (nSPS) is 22.2. The second-order valence-electron chi connectivity index (χ2n) is 7.38. The molecule has 0 radical (unpaired) electrons. The number of thiocarbonyl (C=S) groups is 1. The van der Waals surface area contributed by atoms with Gasteiger partial charge in [-0.2, -0.15) is 0 Å². The van der Waals surface area contributed by atoms with Gasteiger partial charge in [-0.25, -0.2) is 9.97 Å². The molecule has 3 atom stereocenters. The number of hydrogen-bond donors (Lipinski definition) is 3. The quantitative estimate of drug-likeness (QED) is 0.298. The van der Waals surface area contributed by atoms with Crippen molar-refractivity contribution in [2.45, 2.75) is 71.0 Å². The summed E-state index contributed by atoms with van der Waals surface area (Å²) in [6.07, 6.45) is 6.53. The fourth-order valence-electron chi connectivity index (χ4n) is 3.58. The van der Waals surface area contributed by atoms with Crippen LogP contribution in [0.15, 0.2) is 5.16 Å². The maximum Gasteiger partial charge on any atom is 0.238 e. The Morgan fingerprint density at radius 2 is 1.85 bits per heavy atom. The average Bonchev–Trinajstić information content (AvgIpc) is 2.63. The van der Waals surface area contributed by atoms with E-state index in [1.54, 1.807) is 0 Å². The monoisotopic (exact) mass is 409 g/mol. The molecule has 0 aromatic carbocycles.